The molecule has 2 heterocycles. The molecule has 126 valence electrons. The molecular weight excluding hydrogens is 324 g/mol. The third-order valence-electron chi connectivity index (χ3n) is 4.29. The molecule has 3 rings (SSSR count). The monoisotopic (exact) mass is 344 g/mol. The number of pyridine rings is 1. The lowest BCUT2D eigenvalue weighted by molar-refractivity contribution is -0.121. The number of amides is 1. The minimum atomic E-state index is 0.0274. The van der Waals surface area contributed by atoms with Gasteiger partial charge >= 0.3 is 0 Å². The lowest BCUT2D eigenvalue weighted by atomic mass is 9.95. The van der Waals surface area contributed by atoms with Crippen LogP contribution in [0.4, 0.5) is 11.5 Å². The number of carbonyl (C=O) groups is 1. The van der Waals surface area contributed by atoms with Crippen LogP contribution in [0.15, 0.2) is 42.6 Å². The molecule has 0 radical (unpaired) electrons. The van der Waals surface area contributed by atoms with E-state index in [1.165, 1.54) is 11.8 Å². The molecule has 1 fully saturated rings. The summed E-state index contributed by atoms with van der Waals surface area (Å²) in [5.41, 5.74) is 7.82. The topological polar surface area (TPSA) is 71.2 Å². The fourth-order valence-electron chi connectivity index (χ4n) is 2.98. The molecule has 3 N–H and O–H groups in total. The summed E-state index contributed by atoms with van der Waals surface area (Å²) in [6.45, 7) is 2.68. The number of anilines is 2. The van der Waals surface area contributed by atoms with Crippen molar-refractivity contribution >= 4 is 29.0 Å². The maximum absolute atomic E-state index is 12.3. The second kappa shape index (κ2) is 7.64. The fraction of sp³-hybridized carbons (Fsp3) is 0.333. The van der Waals surface area contributed by atoms with Gasteiger partial charge < -0.3 is 11.1 Å². The number of nitrogen functional groups attached to an aromatic ring is 1. The molecule has 0 atom stereocenters. The van der Waals surface area contributed by atoms with Crippen LogP contribution in [-0.4, -0.2) is 28.9 Å². The molecule has 1 saturated heterocycles. The maximum atomic E-state index is 12.3. The number of likely N-dealkylation sites (tertiary alicyclic amines) is 1. The van der Waals surface area contributed by atoms with Gasteiger partial charge in [0.2, 0.25) is 5.91 Å². The van der Waals surface area contributed by atoms with Gasteiger partial charge in [0.25, 0.3) is 0 Å². The molecule has 0 saturated carbocycles. The molecular formula is C18H21ClN4O. The molecule has 0 bridgehead atoms. The fourth-order valence-corrected chi connectivity index (χ4v) is 3.09. The maximum Gasteiger partial charge on any atom is 0.228 e. The van der Waals surface area contributed by atoms with Crippen LogP contribution in [0.5, 0.6) is 0 Å². The molecule has 6 heteroatoms. The Morgan fingerprint density at radius 2 is 2.08 bits per heavy atom. The van der Waals surface area contributed by atoms with E-state index in [0.29, 0.717) is 10.8 Å². The Balaban J connectivity index is 1.49. The van der Waals surface area contributed by atoms with Crippen LogP contribution in [0, 0.1) is 5.92 Å². The van der Waals surface area contributed by atoms with Crippen molar-refractivity contribution in [3.05, 3.63) is 53.2 Å². The molecule has 1 aromatic carbocycles. The predicted octanol–water partition coefficient (Wildman–Crippen LogP) is 3.17. The Labute approximate surface area is 146 Å². The summed E-state index contributed by atoms with van der Waals surface area (Å²) in [5, 5.41) is 3.43. The molecule has 5 nitrogen and oxygen atoms in total. The van der Waals surface area contributed by atoms with Crippen molar-refractivity contribution in [2.45, 2.75) is 19.4 Å². The van der Waals surface area contributed by atoms with E-state index in [1.54, 1.807) is 12.1 Å². The second-order valence-corrected chi connectivity index (χ2v) is 6.58. The molecule has 0 spiro atoms. The van der Waals surface area contributed by atoms with E-state index >= 15 is 0 Å². The summed E-state index contributed by atoms with van der Waals surface area (Å²) in [5.74, 6) is 0.611. The van der Waals surface area contributed by atoms with E-state index in [4.69, 9.17) is 17.3 Å². The van der Waals surface area contributed by atoms with E-state index < -0.39 is 0 Å². The standard InChI is InChI=1S/C18H21ClN4O/c19-15-4-5-17(21-11-15)22-18(24)14-6-8-23(9-7-14)12-13-2-1-3-16(20)10-13/h1-5,10-11,14H,6-9,12,20H2,(H,21,22,24). The second-order valence-electron chi connectivity index (χ2n) is 6.15. The van der Waals surface area contributed by atoms with E-state index in [1.807, 2.05) is 18.2 Å². The Morgan fingerprint density at radius 1 is 1.29 bits per heavy atom. The summed E-state index contributed by atoms with van der Waals surface area (Å²) < 4.78 is 0. The molecule has 1 aliphatic heterocycles. The summed E-state index contributed by atoms with van der Waals surface area (Å²) in [6.07, 6.45) is 3.23. The van der Waals surface area contributed by atoms with Gasteiger partial charge in [0.05, 0.1) is 5.02 Å². The van der Waals surface area contributed by atoms with Gasteiger partial charge in [0.15, 0.2) is 0 Å². The Kier molecular flexibility index (Phi) is 5.33. The highest BCUT2D eigenvalue weighted by atomic mass is 35.5. The van der Waals surface area contributed by atoms with Gasteiger partial charge in [-0.05, 0) is 55.8 Å². The van der Waals surface area contributed by atoms with Gasteiger partial charge in [0, 0.05) is 24.3 Å². The lowest BCUT2D eigenvalue weighted by Crippen LogP contribution is -2.37. The minimum absolute atomic E-state index is 0.0274. The molecule has 0 aliphatic carbocycles. The van der Waals surface area contributed by atoms with E-state index in [-0.39, 0.29) is 11.8 Å². The average molecular weight is 345 g/mol. The van der Waals surface area contributed by atoms with Gasteiger partial charge in [-0.25, -0.2) is 4.98 Å². The first-order chi connectivity index (χ1) is 11.6. The van der Waals surface area contributed by atoms with Crippen molar-refractivity contribution in [2.24, 2.45) is 5.92 Å². The van der Waals surface area contributed by atoms with Crippen LogP contribution >= 0.6 is 11.6 Å². The zero-order chi connectivity index (χ0) is 16.9. The van der Waals surface area contributed by atoms with Crippen molar-refractivity contribution in [1.82, 2.24) is 9.88 Å². The lowest BCUT2D eigenvalue weighted by Gasteiger charge is -2.31. The number of rotatable bonds is 4. The van der Waals surface area contributed by atoms with Crippen molar-refractivity contribution in [2.75, 3.05) is 24.1 Å². The van der Waals surface area contributed by atoms with Gasteiger partial charge in [-0.3, -0.25) is 9.69 Å². The summed E-state index contributed by atoms with van der Waals surface area (Å²) >= 11 is 5.80. The quantitative estimate of drug-likeness (QED) is 0.836. The van der Waals surface area contributed by atoms with Crippen LogP contribution in [0.1, 0.15) is 18.4 Å². The number of aromatic nitrogens is 1. The van der Waals surface area contributed by atoms with Crippen molar-refractivity contribution in [1.29, 1.82) is 0 Å². The molecule has 24 heavy (non-hydrogen) atoms. The zero-order valence-electron chi connectivity index (χ0n) is 13.4. The number of hydrogen-bond donors (Lipinski definition) is 2. The van der Waals surface area contributed by atoms with Crippen LogP contribution < -0.4 is 11.1 Å². The molecule has 2 aromatic rings. The third-order valence-corrected chi connectivity index (χ3v) is 4.52. The van der Waals surface area contributed by atoms with Crippen LogP contribution in [-0.2, 0) is 11.3 Å². The first kappa shape index (κ1) is 16.7. The summed E-state index contributed by atoms with van der Waals surface area (Å²) in [7, 11) is 0. The molecule has 1 amide bonds. The normalized spacial score (nSPS) is 16.0. The number of halogens is 1. The highest BCUT2D eigenvalue weighted by molar-refractivity contribution is 6.30. The minimum Gasteiger partial charge on any atom is -0.399 e. The number of piperidine rings is 1. The van der Waals surface area contributed by atoms with Gasteiger partial charge in [-0.1, -0.05) is 23.7 Å². The van der Waals surface area contributed by atoms with E-state index in [0.717, 1.165) is 38.2 Å². The Morgan fingerprint density at radius 3 is 2.75 bits per heavy atom. The number of nitrogens with one attached hydrogen (secondary N) is 1. The highest BCUT2D eigenvalue weighted by Gasteiger charge is 2.25. The molecule has 1 aliphatic rings. The zero-order valence-corrected chi connectivity index (χ0v) is 14.2. The average Bonchev–Trinajstić information content (AvgIpc) is 2.57. The number of nitrogens with zero attached hydrogens (tertiary/aromatic N) is 2. The predicted molar refractivity (Wildman–Crippen MR) is 96.7 cm³/mol. The van der Waals surface area contributed by atoms with Crippen molar-refractivity contribution < 1.29 is 4.79 Å². The van der Waals surface area contributed by atoms with Crippen LogP contribution in [0.3, 0.4) is 0 Å². The van der Waals surface area contributed by atoms with Gasteiger partial charge in [-0.2, -0.15) is 0 Å². The smallest absolute Gasteiger partial charge is 0.228 e. The number of hydrogen-bond acceptors (Lipinski definition) is 4. The van der Waals surface area contributed by atoms with Gasteiger partial charge in [0.1, 0.15) is 5.82 Å². The molecule has 0 unspecified atom stereocenters. The van der Waals surface area contributed by atoms with Crippen LogP contribution in [0.2, 0.25) is 5.02 Å². The number of nitrogens with two attached hydrogens (primary N) is 1. The highest BCUT2D eigenvalue weighted by Crippen LogP contribution is 2.21. The first-order valence-electron chi connectivity index (χ1n) is 8.09. The third kappa shape index (κ3) is 4.46. The molecule has 1 aromatic heterocycles. The van der Waals surface area contributed by atoms with E-state index in [9.17, 15) is 4.79 Å². The summed E-state index contributed by atoms with van der Waals surface area (Å²) in [4.78, 5) is 18.8. The largest absolute Gasteiger partial charge is 0.399 e. The van der Waals surface area contributed by atoms with Crippen molar-refractivity contribution in [3.8, 4) is 0 Å². The first-order valence-corrected chi connectivity index (χ1v) is 8.47. The number of benzene rings is 1. The number of carbonyl (C=O) groups excluding carboxylic acids is 1. The van der Waals surface area contributed by atoms with Crippen LogP contribution in [0.25, 0.3) is 0 Å². The SMILES string of the molecule is Nc1cccc(CN2CCC(C(=O)Nc3ccc(Cl)cn3)CC2)c1. The van der Waals surface area contributed by atoms with E-state index in [2.05, 4.69) is 21.3 Å². The van der Waals surface area contributed by atoms with Crippen molar-refractivity contribution in [3.63, 3.8) is 0 Å². The van der Waals surface area contributed by atoms with Gasteiger partial charge in [-0.15, -0.1) is 0 Å². The Hall–Kier alpha value is -2.11. The summed E-state index contributed by atoms with van der Waals surface area (Å²) in [6, 6.07) is 11.4. The Bertz CT molecular complexity index is 696.